The molecule has 2 saturated heterocycles. The van der Waals surface area contributed by atoms with Gasteiger partial charge in [-0.25, -0.2) is 12.7 Å². The van der Waals surface area contributed by atoms with Gasteiger partial charge in [0.15, 0.2) is 5.96 Å². The van der Waals surface area contributed by atoms with Gasteiger partial charge in [0.05, 0.1) is 12.3 Å². The van der Waals surface area contributed by atoms with E-state index in [1.807, 2.05) is 6.92 Å². The van der Waals surface area contributed by atoms with Crippen LogP contribution in [0.1, 0.15) is 32.6 Å². The first-order valence-electron chi connectivity index (χ1n) is 8.84. The van der Waals surface area contributed by atoms with Gasteiger partial charge in [-0.15, -0.1) is 0 Å². The first-order chi connectivity index (χ1) is 11.1. The van der Waals surface area contributed by atoms with E-state index >= 15 is 0 Å². The lowest BCUT2D eigenvalue weighted by atomic mass is 10.1. The average Bonchev–Trinajstić information content (AvgIpc) is 2.87. The second-order valence-corrected chi connectivity index (χ2v) is 8.25. The topological polar surface area (TPSA) is 77.0 Å². The van der Waals surface area contributed by atoms with E-state index in [1.54, 1.807) is 4.31 Å². The Balaban J connectivity index is 1.71. The number of hydrogen-bond acceptors (Lipinski definition) is 4. The summed E-state index contributed by atoms with van der Waals surface area (Å²) in [4.78, 5) is 6.98. The van der Waals surface area contributed by atoms with E-state index in [0.29, 0.717) is 19.6 Å². The van der Waals surface area contributed by atoms with Crippen LogP contribution in [0.4, 0.5) is 0 Å². The third-order valence-corrected chi connectivity index (χ3v) is 6.29. The number of guanidine groups is 1. The van der Waals surface area contributed by atoms with Crippen molar-refractivity contribution in [1.29, 1.82) is 0 Å². The highest BCUT2D eigenvalue weighted by Crippen LogP contribution is 2.12. The summed E-state index contributed by atoms with van der Waals surface area (Å²) in [6.45, 7) is 8.74. The Labute approximate surface area is 140 Å². The molecule has 0 spiro atoms. The molecule has 0 aromatic heterocycles. The highest BCUT2D eigenvalue weighted by Gasteiger charge is 2.27. The lowest BCUT2D eigenvalue weighted by Crippen LogP contribution is -2.43. The minimum Gasteiger partial charge on any atom is -0.357 e. The molecule has 0 aromatic carbocycles. The average molecular weight is 346 g/mol. The molecule has 0 aliphatic carbocycles. The van der Waals surface area contributed by atoms with Crippen LogP contribution >= 0.6 is 0 Å². The molecular weight excluding hydrogens is 314 g/mol. The number of likely N-dealkylation sites (tertiary alicyclic amines) is 1. The molecule has 0 bridgehead atoms. The van der Waals surface area contributed by atoms with Crippen LogP contribution in [0.5, 0.6) is 0 Å². The molecule has 2 rings (SSSR count). The molecule has 8 heteroatoms. The second-order valence-electron chi connectivity index (χ2n) is 6.16. The second kappa shape index (κ2) is 9.44. The van der Waals surface area contributed by atoms with Crippen molar-refractivity contribution in [1.82, 2.24) is 19.8 Å². The molecule has 134 valence electrons. The molecule has 2 aliphatic heterocycles. The van der Waals surface area contributed by atoms with Gasteiger partial charge in [0.2, 0.25) is 10.0 Å². The maximum atomic E-state index is 11.8. The summed E-state index contributed by atoms with van der Waals surface area (Å²) in [5.41, 5.74) is 0. The van der Waals surface area contributed by atoms with E-state index in [0.717, 1.165) is 32.0 Å². The predicted molar refractivity (Wildman–Crippen MR) is 94.2 cm³/mol. The quantitative estimate of drug-likeness (QED) is 0.504. The minimum atomic E-state index is -3.01. The highest BCUT2D eigenvalue weighted by atomic mass is 32.2. The lowest BCUT2D eigenvalue weighted by molar-refractivity contribution is 0.232. The molecule has 2 heterocycles. The first kappa shape index (κ1) is 18.5. The van der Waals surface area contributed by atoms with E-state index in [-0.39, 0.29) is 5.75 Å². The Hall–Kier alpha value is -0.860. The third-order valence-electron chi connectivity index (χ3n) is 4.34. The number of hydrogen-bond donors (Lipinski definition) is 2. The summed E-state index contributed by atoms with van der Waals surface area (Å²) in [5.74, 6) is 1.06. The lowest BCUT2D eigenvalue weighted by Gasteiger charge is -2.26. The Kier molecular flexibility index (Phi) is 7.58. The standard InChI is InChI=1S/C15H31N5O2S/c1-2-16-15(17-7-12-19-9-4-3-5-10-19)18-8-13-20-11-6-14-23(20,21)22/h2-14H2,1H3,(H2,16,17,18). The van der Waals surface area contributed by atoms with Crippen LogP contribution in [0, 0.1) is 0 Å². The fourth-order valence-corrected chi connectivity index (χ4v) is 4.59. The predicted octanol–water partition coefficient (Wildman–Crippen LogP) is 0.0629. The SMILES string of the molecule is CCNC(=NCCN1CCCS1(=O)=O)NCCN1CCCCC1. The first-order valence-corrected chi connectivity index (χ1v) is 10.4. The number of aliphatic imine (C=N–C) groups is 1. The molecule has 2 aliphatic rings. The summed E-state index contributed by atoms with van der Waals surface area (Å²) >= 11 is 0. The third kappa shape index (κ3) is 6.27. The van der Waals surface area contributed by atoms with Gasteiger partial charge in [-0.3, -0.25) is 4.99 Å². The maximum absolute atomic E-state index is 11.8. The van der Waals surface area contributed by atoms with E-state index in [4.69, 9.17) is 0 Å². The number of rotatable bonds is 7. The monoisotopic (exact) mass is 345 g/mol. The van der Waals surface area contributed by atoms with Crippen LogP contribution in [0.25, 0.3) is 0 Å². The molecule has 7 nitrogen and oxygen atoms in total. The minimum absolute atomic E-state index is 0.283. The van der Waals surface area contributed by atoms with Gasteiger partial charge in [-0.05, 0) is 39.3 Å². The molecule has 0 aromatic rings. The van der Waals surface area contributed by atoms with Crippen molar-refractivity contribution in [3.05, 3.63) is 0 Å². The summed E-state index contributed by atoms with van der Waals surface area (Å²) in [6, 6.07) is 0. The van der Waals surface area contributed by atoms with Crippen molar-refractivity contribution >= 4 is 16.0 Å². The maximum Gasteiger partial charge on any atom is 0.214 e. The number of nitrogens with one attached hydrogen (secondary N) is 2. The molecule has 0 atom stereocenters. The normalized spacial score (nSPS) is 23.1. The van der Waals surface area contributed by atoms with E-state index in [2.05, 4.69) is 20.5 Å². The Morgan fingerprint density at radius 3 is 2.48 bits per heavy atom. The zero-order valence-electron chi connectivity index (χ0n) is 14.3. The van der Waals surface area contributed by atoms with E-state index in [1.165, 1.54) is 32.4 Å². The van der Waals surface area contributed by atoms with Crippen molar-refractivity contribution in [2.75, 3.05) is 58.1 Å². The van der Waals surface area contributed by atoms with E-state index < -0.39 is 10.0 Å². The zero-order valence-corrected chi connectivity index (χ0v) is 15.1. The van der Waals surface area contributed by atoms with Gasteiger partial charge < -0.3 is 15.5 Å². The van der Waals surface area contributed by atoms with Crippen LogP contribution in [0.15, 0.2) is 4.99 Å². The molecule has 0 amide bonds. The Morgan fingerprint density at radius 1 is 1.04 bits per heavy atom. The Bertz CT molecular complexity index is 474. The molecule has 23 heavy (non-hydrogen) atoms. The summed E-state index contributed by atoms with van der Waals surface area (Å²) in [7, 11) is -3.01. The largest absolute Gasteiger partial charge is 0.357 e. The summed E-state index contributed by atoms with van der Waals surface area (Å²) in [6.07, 6.45) is 4.70. The van der Waals surface area contributed by atoms with Crippen molar-refractivity contribution in [3.8, 4) is 0 Å². The van der Waals surface area contributed by atoms with Crippen molar-refractivity contribution < 1.29 is 8.42 Å². The van der Waals surface area contributed by atoms with Crippen LogP contribution in [-0.4, -0.2) is 81.7 Å². The molecule has 2 fully saturated rings. The number of piperidine rings is 1. The number of nitrogens with zero attached hydrogens (tertiary/aromatic N) is 3. The number of sulfonamides is 1. The smallest absolute Gasteiger partial charge is 0.214 e. The van der Waals surface area contributed by atoms with Crippen molar-refractivity contribution in [2.45, 2.75) is 32.6 Å². The van der Waals surface area contributed by atoms with Crippen molar-refractivity contribution in [3.63, 3.8) is 0 Å². The van der Waals surface area contributed by atoms with E-state index in [9.17, 15) is 8.42 Å². The molecular formula is C15H31N5O2S. The van der Waals surface area contributed by atoms with Crippen LogP contribution < -0.4 is 10.6 Å². The van der Waals surface area contributed by atoms with Crippen LogP contribution in [0.2, 0.25) is 0 Å². The summed E-state index contributed by atoms with van der Waals surface area (Å²) < 4.78 is 25.1. The van der Waals surface area contributed by atoms with Gasteiger partial charge in [-0.1, -0.05) is 6.42 Å². The highest BCUT2D eigenvalue weighted by molar-refractivity contribution is 7.89. The molecule has 0 radical (unpaired) electrons. The molecule has 0 saturated carbocycles. The summed E-state index contributed by atoms with van der Waals surface area (Å²) in [5, 5.41) is 6.56. The van der Waals surface area contributed by atoms with Crippen LogP contribution in [0.3, 0.4) is 0 Å². The molecule has 0 unspecified atom stereocenters. The zero-order chi connectivity index (χ0) is 16.5. The van der Waals surface area contributed by atoms with Gasteiger partial charge in [-0.2, -0.15) is 0 Å². The van der Waals surface area contributed by atoms with Gasteiger partial charge in [0.1, 0.15) is 0 Å². The Morgan fingerprint density at radius 2 is 1.83 bits per heavy atom. The van der Waals surface area contributed by atoms with Gasteiger partial charge in [0, 0.05) is 32.7 Å². The molecule has 2 N–H and O–H groups in total. The van der Waals surface area contributed by atoms with Gasteiger partial charge in [0.25, 0.3) is 0 Å². The van der Waals surface area contributed by atoms with Crippen LogP contribution in [-0.2, 0) is 10.0 Å². The van der Waals surface area contributed by atoms with Gasteiger partial charge >= 0.3 is 0 Å². The fraction of sp³-hybridized carbons (Fsp3) is 0.933. The fourth-order valence-electron chi connectivity index (χ4n) is 3.07. The van der Waals surface area contributed by atoms with Crippen molar-refractivity contribution in [2.24, 2.45) is 4.99 Å².